The monoisotopic (exact) mass is 323 g/mol. The highest BCUT2D eigenvalue weighted by molar-refractivity contribution is 5.79. The van der Waals surface area contributed by atoms with Crippen molar-refractivity contribution in [3.63, 3.8) is 0 Å². The fraction of sp³-hybridized carbons (Fsp3) is 0.944. The molecule has 2 aliphatic heterocycles. The van der Waals surface area contributed by atoms with Crippen LogP contribution >= 0.6 is 0 Å². The third kappa shape index (κ3) is 3.72. The minimum absolute atomic E-state index is 0.341. The first-order valence-electron chi connectivity index (χ1n) is 9.30. The molecule has 0 aromatic heterocycles. The number of nitrogens with zero attached hydrogens (tertiary/aromatic N) is 2. The molecule has 2 heterocycles. The van der Waals surface area contributed by atoms with E-state index in [9.17, 15) is 4.79 Å². The van der Waals surface area contributed by atoms with Gasteiger partial charge < -0.3 is 19.9 Å². The molecule has 132 valence electrons. The maximum absolute atomic E-state index is 12.3. The number of likely N-dealkylation sites (tertiary alicyclic amines) is 2. The zero-order valence-electron chi connectivity index (χ0n) is 15.0. The molecule has 0 aromatic rings. The fourth-order valence-corrected chi connectivity index (χ4v) is 4.94. The van der Waals surface area contributed by atoms with Gasteiger partial charge in [-0.25, -0.2) is 0 Å². The summed E-state index contributed by atoms with van der Waals surface area (Å²) in [6, 6.07) is 1.12. The van der Waals surface area contributed by atoms with E-state index in [1.54, 1.807) is 7.11 Å². The summed E-state index contributed by atoms with van der Waals surface area (Å²) < 4.78 is 5.18. The fourth-order valence-electron chi connectivity index (χ4n) is 4.94. The number of fused-ring (bicyclic) bond motifs is 1. The average molecular weight is 323 g/mol. The van der Waals surface area contributed by atoms with Crippen molar-refractivity contribution in [1.82, 2.24) is 15.1 Å². The van der Waals surface area contributed by atoms with Gasteiger partial charge in [-0.2, -0.15) is 0 Å². The SMILES string of the molecule is COCCN1C(=O)C[C@H]2[C@H](CNC3CCN(C)CC3)[C@@H](C)C[C@H]21. The summed E-state index contributed by atoms with van der Waals surface area (Å²) in [6.45, 7) is 7.28. The maximum atomic E-state index is 12.3. The van der Waals surface area contributed by atoms with Crippen molar-refractivity contribution in [3.05, 3.63) is 0 Å². The van der Waals surface area contributed by atoms with Crippen LogP contribution < -0.4 is 5.32 Å². The van der Waals surface area contributed by atoms with Crippen LogP contribution in [-0.4, -0.2) is 74.7 Å². The van der Waals surface area contributed by atoms with Crippen molar-refractivity contribution < 1.29 is 9.53 Å². The van der Waals surface area contributed by atoms with Gasteiger partial charge in [0.25, 0.3) is 0 Å². The van der Waals surface area contributed by atoms with Gasteiger partial charge in [0.1, 0.15) is 0 Å². The summed E-state index contributed by atoms with van der Waals surface area (Å²) in [7, 11) is 3.92. The van der Waals surface area contributed by atoms with E-state index in [-0.39, 0.29) is 0 Å². The summed E-state index contributed by atoms with van der Waals surface area (Å²) >= 11 is 0. The lowest BCUT2D eigenvalue weighted by atomic mass is 9.88. The Morgan fingerprint density at radius 2 is 2.04 bits per heavy atom. The Balaban J connectivity index is 1.53. The van der Waals surface area contributed by atoms with Crippen LogP contribution in [0.1, 0.15) is 32.6 Å². The number of hydrogen-bond acceptors (Lipinski definition) is 4. The van der Waals surface area contributed by atoms with Crippen LogP contribution in [-0.2, 0) is 9.53 Å². The molecule has 1 amide bonds. The summed E-state index contributed by atoms with van der Waals surface area (Å²) in [5, 5.41) is 3.82. The van der Waals surface area contributed by atoms with Gasteiger partial charge in [0.15, 0.2) is 0 Å². The molecule has 1 N–H and O–H groups in total. The Morgan fingerprint density at radius 1 is 1.30 bits per heavy atom. The van der Waals surface area contributed by atoms with E-state index in [2.05, 4.69) is 29.1 Å². The Labute approximate surface area is 140 Å². The highest BCUT2D eigenvalue weighted by atomic mass is 16.5. The summed E-state index contributed by atoms with van der Waals surface area (Å²) in [6.07, 6.45) is 4.42. The van der Waals surface area contributed by atoms with E-state index >= 15 is 0 Å². The average Bonchev–Trinajstić information content (AvgIpc) is 2.99. The molecule has 0 unspecified atom stereocenters. The Kier molecular flexibility index (Phi) is 5.60. The van der Waals surface area contributed by atoms with Gasteiger partial charge in [0.2, 0.25) is 5.91 Å². The van der Waals surface area contributed by atoms with Gasteiger partial charge in [0.05, 0.1) is 6.61 Å². The number of hydrogen-bond donors (Lipinski definition) is 1. The molecule has 23 heavy (non-hydrogen) atoms. The van der Waals surface area contributed by atoms with Crippen molar-refractivity contribution in [2.75, 3.05) is 46.9 Å². The normalized spacial score (nSPS) is 36.0. The minimum Gasteiger partial charge on any atom is -0.383 e. The largest absolute Gasteiger partial charge is 0.383 e. The zero-order valence-corrected chi connectivity index (χ0v) is 15.0. The van der Waals surface area contributed by atoms with Crippen molar-refractivity contribution in [2.45, 2.75) is 44.7 Å². The van der Waals surface area contributed by atoms with Crippen molar-refractivity contribution in [1.29, 1.82) is 0 Å². The standard InChI is InChI=1S/C18H33N3O2/c1-13-10-17-15(11-18(22)21(17)8-9-23-3)16(13)12-19-14-4-6-20(2)7-5-14/h13-17,19H,4-12H2,1-3H3/t13-,15-,16+,17+/m0/s1. The highest BCUT2D eigenvalue weighted by Gasteiger charge is 2.50. The molecule has 2 saturated heterocycles. The highest BCUT2D eigenvalue weighted by Crippen LogP contribution is 2.45. The van der Waals surface area contributed by atoms with Crippen LogP contribution in [0.4, 0.5) is 0 Å². The number of ether oxygens (including phenoxy) is 1. The smallest absolute Gasteiger partial charge is 0.223 e. The molecule has 0 bridgehead atoms. The van der Waals surface area contributed by atoms with Crippen LogP contribution in [0.25, 0.3) is 0 Å². The quantitative estimate of drug-likeness (QED) is 0.797. The third-order valence-corrected chi connectivity index (χ3v) is 6.42. The van der Waals surface area contributed by atoms with Gasteiger partial charge in [-0.15, -0.1) is 0 Å². The van der Waals surface area contributed by atoms with Crippen LogP contribution in [0.3, 0.4) is 0 Å². The van der Waals surface area contributed by atoms with Crippen LogP contribution in [0.2, 0.25) is 0 Å². The van der Waals surface area contributed by atoms with Crippen LogP contribution in [0, 0.1) is 17.8 Å². The third-order valence-electron chi connectivity index (χ3n) is 6.42. The van der Waals surface area contributed by atoms with Gasteiger partial charge in [0, 0.05) is 32.2 Å². The van der Waals surface area contributed by atoms with Gasteiger partial charge in [-0.3, -0.25) is 4.79 Å². The van der Waals surface area contributed by atoms with Crippen molar-refractivity contribution >= 4 is 5.91 Å². The van der Waals surface area contributed by atoms with E-state index < -0.39 is 0 Å². The van der Waals surface area contributed by atoms with Gasteiger partial charge in [-0.05, 0) is 63.7 Å². The molecule has 3 fully saturated rings. The molecule has 1 saturated carbocycles. The summed E-state index contributed by atoms with van der Waals surface area (Å²) in [5.74, 6) is 2.25. The lowest BCUT2D eigenvalue weighted by molar-refractivity contribution is -0.129. The molecule has 1 aliphatic carbocycles. The number of amides is 1. The second-order valence-electron chi connectivity index (χ2n) is 7.88. The first kappa shape index (κ1) is 17.2. The summed E-state index contributed by atoms with van der Waals surface area (Å²) in [5.41, 5.74) is 0. The number of rotatable bonds is 6. The van der Waals surface area contributed by atoms with Gasteiger partial charge >= 0.3 is 0 Å². The molecule has 0 radical (unpaired) electrons. The molecular weight excluding hydrogens is 290 g/mol. The molecule has 3 aliphatic rings. The predicted octanol–water partition coefficient (Wildman–Crippen LogP) is 1.19. The Bertz CT molecular complexity index is 409. The first-order valence-corrected chi connectivity index (χ1v) is 9.30. The number of carbonyl (C=O) groups is 1. The van der Waals surface area contributed by atoms with Crippen molar-refractivity contribution in [2.24, 2.45) is 17.8 Å². The van der Waals surface area contributed by atoms with Crippen LogP contribution in [0.5, 0.6) is 0 Å². The van der Waals surface area contributed by atoms with E-state index in [0.717, 1.165) is 19.5 Å². The second kappa shape index (κ2) is 7.49. The molecular formula is C18H33N3O2. The second-order valence-corrected chi connectivity index (χ2v) is 7.88. The van der Waals surface area contributed by atoms with E-state index in [4.69, 9.17) is 4.74 Å². The Morgan fingerprint density at radius 3 is 2.74 bits per heavy atom. The molecule has 5 heteroatoms. The molecule has 5 nitrogen and oxygen atoms in total. The number of nitrogens with one attached hydrogen (secondary N) is 1. The molecule has 3 rings (SSSR count). The van der Waals surface area contributed by atoms with Gasteiger partial charge in [-0.1, -0.05) is 6.92 Å². The van der Waals surface area contributed by atoms with Crippen molar-refractivity contribution in [3.8, 4) is 0 Å². The van der Waals surface area contributed by atoms with E-state index in [1.165, 1.54) is 32.4 Å². The lowest BCUT2D eigenvalue weighted by Crippen LogP contribution is -2.43. The topological polar surface area (TPSA) is 44.8 Å². The lowest BCUT2D eigenvalue weighted by Gasteiger charge is -2.31. The zero-order chi connectivity index (χ0) is 16.4. The summed E-state index contributed by atoms with van der Waals surface area (Å²) in [4.78, 5) is 16.8. The maximum Gasteiger partial charge on any atom is 0.223 e. The molecule has 0 spiro atoms. The van der Waals surface area contributed by atoms with Crippen LogP contribution in [0.15, 0.2) is 0 Å². The first-order chi connectivity index (χ1) is 11.1. The van der Waals surface area contributed by atoms with E-state index in [0.29, 0.717) is 42.4 Å². The minimum atomic E-state index is 0.341. The Hall–Kier alpha value is -0.650. The number of carbonyl (C=O) groups excluding carboxylic acids is 1. The molecule has 4 atom stereocenters. The predicted molar refractivity (Wildman–Crippen MR) is 91.3 cm³/mol. The molecule has 0 aromatic carbocycles. The van der Waals surface area contributed by atoms with E-state index in [1.807, 2.05) is 0 Å². The number of piperidine rings is 1. The number of methoxy groups -OCH3 is 1.